The summed E-state index contributed by atoms with van der Waals surface area (Å²) in [4.78, 5) is 5.62. The molecule has 1 fully saturated rings. The lowest BCUT2D eigenvalue weighted by Gasteiger charge is -2.35. The third-order valence-electron chi connectivity index (χ3n) is 5.06. The second kappa shape index (κ2) is 9.41. The summed E-state index contributed by atoms with van der Waals surface area (Å²) in [5.41, 5.74) is 4.52. The smallest absolute Gasteiger partial charge is 0.261 e. The molecule has 2 aliphatic heterocycles. The third kappa shape index (κ3) is 5.58. The van der Waals surface area contributed by atoms with Gasteiger partial charge in [-0.05, 0) is 35.6 Å². The van der Waals surface area contributed by atoms with Crippen molar-refractivity contribution in [2.45, 2.75) is 35.6 Å². The average molecular weight is 421 g/mol. The number of piperazine rings is 1. The maximum atomic E-state index is 9.19. The Morgan fingerprint density at radius 1 is 1.14 bits per heavy atom. The molecule has 1 unspecified atom stereocenters. The van der Waals surface area contributed by atoms with Crippen molar-refractivity contribution in [2.24, 2.45) is 0 Å². The van der Waals surface area contributed by atoms with Gasteiger partial charge in [-0.25, -0.2) is 0 Å². The maximum absolute atomic E-state index is 9.19. The predicted molar refractivity (Wildman–Crippen MR) is 115 cm³/mol. The molecule has 0 aromatic heterocycles. The first kappa shape index (κ1) is 21.3. The molecule has 4 rings (SSSR count). The highest BCUT2D eigenvalue weighted by Crippen LogP contribution is 2.44. The zero-order valence-corrected chi connectivity index (χ0v) is 18.0. The Labute approximate surface area is 172 Å². The summed E-state index contributed by atoms with van der Waals surface area (Å²) in [7, 11) is -3.67. The standard InChI is InChI=1S/C20H24N2S.CH4O3S/c1-2-15-7-5-8-17-18(22-12-10-21-11-13-22)14-16-6-3-4-9-19(16)23-20(15)17;1-5(2,3)4/h3-9,18,21H,2,10-14H2,1H3;1H3,(H,2,3,4). The minimum absolute atomic E-state index is 0.509. The number of fused-ring (bicyclic) bond motifs is 2. The van der Waals surface area contributed by atoms with Crippen molar-refractivity contribution in [2.75, 3.05) is 32.4 Å². The minimum Gasteiger partial charge on any atom is -0.314 e. The number of aryl methyl sites for hydroxylation is 1. The van der Waals surface area contributed by atoms with Gasteiger partial charge in [0.1, 0.15) is 0 Å². The molecule has 0 saturated carbocycles. The van der Waals surface area contributed by atoms with Crippen LogP contribution in [-0.2, 0) is 23.0 Å². The summed E-state index contributed by atoms with van der Waals surface area (Å²) < 4.78 is 25.9. The van der Waals surface area contributed by atoms with E-state index in [-0.39, 0.29) is 0 Å². The van der Waals surface area contributed by atoms with E-state index in [1.807, 2.05) is 11.8 Å². The highest BCUT2D eigenvalue weighted by Gasteiger charge is 2.29. The average Bonchev–Trinajstić information content (AvgIpc) is 2.84. The zero-order chi connectivity index (χ0) is 20.1. The lowest BCUT2D eigenvalue weighted by atomic mass is 9.95. The van der Waals surface area contributed by atoms with E-state index >= 15 is 0 Å². The van der Waals surface area contributed by atoms with Crippen LogP contribution in [0.25, 0.3) is 0 Å². The number of hydrogen-bond acceptors (Lipinski definition) is 5. The summed E-state index contributed by atoms with van der Waals surface area (Å²) in [6, 6.07) is 16.4. The van der Waals surface area contributed by atoms with Crippen molar-refractivity contribution in [3.05, 3.63) is 59.2 Å². The summed E-state index contributed by atoms with van der Waals surface area (Å²) in [5.74, 6) is 0. The minimum atomic E-state index is -3.67. The van der Waals surface area contributed by atoms with Crippen molar-refractivity contribution >= 4 is 21.9 Å². The Morgan fingerprint density at radius 2 is 1.82 bits per heavy atom. The van der Waals surface area contributed by atoms with Crippen LogP contribution in [0.2, 0.25) is 0 Å². The first-order valence-electron chi connectivity index (χ1n) is 9.61. The molecule has 0 spiro atoms. The van der Waals surface area contributed by atoms with Gasteiger partial charge in [-0.15, -0.1) is 0 Å². The summed E-state index contributed by atoms with van der Waals surface area (Å²) in [6.07, 6.45) is 2.95. The summed E-state index contributed by atoms with van der Waals surface area (Å²) in [5, 5.41) is 3.49. The molecule has 152 valence electrons. The SMILES string of the molecule is CCc1cccc2c1Sc1ccccc1CC2N1CCNCC1.CS(=O)(=O)O. The Bertz CT molecular complexity index is 902. The van der Waals surface area contributed by atoms with Crippen LogP contribution in [0.1, 0.15) is 29.7 Å². The highest BCUT2D eigenvalue weighted by molar-refractivity contribution is 7.99. The van der Waals surface area contributed by atoms with Gasteiger partial charge in [-0.1, -0.05) is 55.1 Å². The van der Waals surface area contributed by atoms with E-state index in [0.29, 0.717) is 12.3 Å². The molecule has 2 aromatic carbocycles. The first-order chi connectivity index (χ1) is 13.4. The Morgan fingerprint density at radius 3 is 2.50 bits per heavy atom. The Balaban J connectivity index is 0.000000403. The van der Waals surface area contributed by atoms with Gasteiger partial charge >= 0.3 is 0 Å². The van der Waals surface area contributed by atoms with Crippen LogP contribution in [-0.4, -0.2) is 50.3 Å². The van der Waals surface area contributed by atoms with Gasteiger partial charge in [0, 0.05) is 42.0 Å². The van der Waals surface area contributed by atoms with E-state index in [2.05, 4.69) is 59.6 Å². The Hall–Kier alpha value is -1.38. The molecule has 7 heteroatoms. The molecule has 0 aliphatic carbocycles. The summed E-state index contributed by atoms with van der Waals surface area (Å²) >= 11 is 1.98. The molecule has 1 saturated heterocycles. The number of nitrogens with one attached hydrogen (secondary N) is 1. The normalized spacial score (nSPS) is 19.6. The fraction of sp³-hybridized carbons (Fsp3) is 0.429. The second-order valence-electron chi connectivity index (χ2n) is 7.14. The topological polar surface area (TPSA) is 69.6 Å². The molecule has 28 heavy (non-hydrogen) atoms. The number of benzene rings is 2. The van der Waals surface area contributed by atoms with Crippen LogP contribution in [0.4, 0.5) is 0 Å². The molecule has 0 bridgehead atoms. The first-order valence-corrected chi connectivity index (χ1v) is 12.3. The number of rotatable bonds is 2. The van der Waals surface area contributed by atoms with E-state index in [0.717, 1.165) is 39.0 Å². The van der Waals surface area contributed by atoms with E-state index in [9.17, 15) is 8.42 Å². The van der Waals surface area contributed by atoms with Crippen molar-refractivity contribution in [3.8, 4) is 0 Å². The molecule has 1 atom stereocenters. The molecule has 0 radical (unpaired) electrons. The van der Waals surface area contributed by atoms with E-state index in [4.69, 9.17) is 4.55 Å². The molecule has 2 N–H and O–H groups in total. The monoisotopic (exact) mass is 420 g/mol. The van der Waals surface area contributed by atoms with Crippen molar-refractivity contribution in [3.63, 3.8) is 0 Å². The fourth-order valence-electron chi connectivity index (χ4n) is 3.79. The van der Waals surface area contributed by atoms with Crippen molar-refractivity contribution < 1.29 is 13.0 Å². The van der Waals surface area contributed by atoms with Gasteiger partial charge in [-0.3, -0.25) is 9.45 Å². The molecule has 0 amide bonds. The van der Waals surface area contributed by atoms with Crippen LogP contribution < -0.4 is 5.32 Å². The lowest BCUT2D eigenvalue weighted by molar-refractivity contribution is 0.170. The van der Waals surface area contributed by atoms with E-state index in [1.165, 1.54) is 26.5 Å². The van der Waals surface area contributed by atoms with E-state index < -0.39 is 10.1 Å². The highest BCUT2D eigenvalue weighted by atomic mass is 32.2. The van der Waals surface area contributed by atoms with Crippen LogP contribution in [0.3, 0.4) is 0 Å². The molecule has 2 aromatic rings. The van der Waals surface area contributed by atoms with Crippen molar-refractivity contribution in [1.29, 1.82) is 0 Å². The Kier molecular flexibility index (Phi) is 7.17. The van der Waals surface area contributed by atoms with Crippen LogP contribution in [0.5, 0.6) is 0 Å². The van der Waals surface area contributed by atoms with E-state index in [1.54, 1.807) is 0 Å². The van der Waals surface area contributed by atoms with Gasteiger partial charge in [0.15, 0.2) is 0 Å². The van der Waals surface area contributed by atoms with Gasteiger partial charge in [0.05, 0.1) is 6.26 Å². The third-order valence-corrected chi connectivity index (χ3v) is 6.38. The zero-order valence-electron chi connectivity index (χ0n) is 16.4. The summed E-state index contributed by atoms with van der Waals surface area (Å²) in [6.45, 7) is 6.77. The van der Waals surface area contributed by atoms with Gasteiger partial charge in [-0.2, -0.15) is 8.42 Å². The predicted octanol–water partition coefficient (Wildman–Crippen LogP) is 3.41. The van der Waals surface area contributed by atoms with Crippen LogP contribution in [0, 0.1) is 0 Å². The lowest BCUT2D eigenvalue weighted by Crippen LogP contribution is -2.45. The molecule has 2 aliphatic rings. The molecular formula is C21H28N2O3S2. The number of hydrogen-bond donors (Lipinski definition) is 2. The van der Waals surface area contributed by atoms with Crippen LogP contribution in [0.15, 0.2) is 52.3 Å². The molecular weight excluding hydrogens is 392 g/mol. The van der Waals surface area contributed by atoms with Gasteiger partial charge in [0.25, 0.3) is 10.1 Å². The second-order valence-corrected chi connectivity index (χ2v) is 9.66. The number of nitrogens with zero attached hydrogens (tertiary/aromatic N) is 1. The van der Waals surface area contributed by atoms with Gasteiger partial charge < -0.3 is 5.32 Å². The fourth-order valence-corrected chi connectivity index (χ4v) is 5.10. The maximum Gasteiger partial charge on any atom is 0.261 e. The quantitative estimate of drug-likeness (QED) is 0.726. The van der Waals surface area contributed by atoms with Crippen LogP contribution >= 0.6 is 11.8 Å². The molecule has 5 nitrogen and oxygen atoms in total. The molecule has 2 heterocycles. The van der Waals surface area contributed by atoms with Gasteiger partial charge in [0.2, 0.25) is 0 Å². The largest absolute Gasteiger partial charge is 0.314 e. The van der Waals surface area contributed by atoms with Crippen molar-refractivity contribution in [1.82, 2.24) is 10.2 Å².